The molecule has 0 saturated heterocycles. The van der Waals surface area contributed by atoms with Crippen LogP contribution in [0, 0.1) is 11.8 Å². The Morgan fingerprint density at radius 2 is 1.88 bits per heavy atom. The van der Waals surface area contributed by atoms with Gasteiger partial charge in [-0.05, 0) is 19.4 Å². The Labute approximate surface area is 111 Å². The molecule has 1 atom stereocenters. The Hall–Kier alpha value is -0.320. The highest BCUT2D eigenvalue weighted by Gasteiger charge is 2.10. The molecule has 1 unspecified atom stereocenters. The number of hydrogen-bond acceptors (Lipinski definition) is 3. The van der Waals surface area contributed by atoms with Gasteiger partial charge in [-0.3, -0.25) is 4.79 Å². The standard InChI is InChI=1S/C12H26N2O2.ClH/c1-10(2)5-7-16-8-6-14-12(15)11(3)9-13-4;/h10-11,13H,5-9H2,1-4H3,(H,14,15);1H. The molecule has 4 nitrogen and oxygen atoms in total. The van der Waals surface area contributed by atoms with Gasteiger partial charge in [-0.2, -0.15) is 0 Å². The number of amides is 1. The van der Waals surface area contributed by atoms with Crippen LogP contribution in [0.5, 0.6) is 0 Å². The van der Waals surface area contributed by atoms with Crippen LogP contribution in [0.25, 0.3) is 0 Å². The predicted molar refractivity (Wildman–Crippen MR) is 73.6 cm³/mol. The van der Waals surface area contributed by atoms with E-state index >= 15 is 0 Å². The van der Waals surface area contributed by atoms with Gasteiger partial charge in [-0.25, -0.2) is 0 Å². The zero-order valence-corrected chi connectivity index (χ0v) is 12.2. The van der Waals surface area contributed by atoms with Gasteiger partial charge in [0.2, 0.25) is 5.91 Å². The minimum Gasteiger partial charge on any atom is -0.380 e. The summed E-state index contributed by atoms with van der Waals surface area (Å²) in [6, 6.07) is 0. The summed E-state index contributed by atoms with van der Waals surface area (Å²) in [5, 5.41) is 5.83. The van der Waals surface area contributed by atoms with E-state index in [1.807, 2.05) is 14.0 Å². The van der Waals surface area contributed by atoms with Gasteiger partial charge < -0.3 is 15.4 Å². The first-order chi connectivity index (χ1) is 7.57. The van der Waals surface area contributed by atoms with Crippen molar-refractivity contribution in [1.82, 2.24) is 10.6 Å². The van der Waals surface area contributed by atoms with Crippen molar-refractivity contribution in [1.29, 1.82) is 0 Å². The van der Waals surface area contributed by atoms with Gasteiger partial charge in [0.15, 0.2) is 0 Å². The summed E-state index contributed by atoms with van der Waals surface area (Å²) in [4.78, 5) is 11.5. The SMILES string of the molecule is CNCC(C)C(=O)NCCOCCC(C)C.Cl. The number of rotatable bonds is 9. The van der Waals surface area contributed by atoms with Gasteiger partial charge in [0.25, 0.3) is 0 Å². The molecule has 0 aromatic carbocycles. The van der Waals surface area contributed by atoms with Crippen molar-refractivity contribution in [3.8, 4) is 0 Å². The fraction of sp³-hybridized carbons (Fsp3) is 0.917. The molecule has 0 bridgehead atoms. The Morgan fingerprint density at radius 1 is 1.24 bits per heavy atom. The van der Waals surface area contributed by atoms with Crippen molar-refractivity contribution in [3.63, 3.8) is 0 Å². The molecule has 0 radical (unpaired) electrons. The van der Waals surface area contributed by atoms with Crippen molar-refractivity contribution < 1.29 is 9.53 Å². The minimum absolute atomic E-state index is 0. The van der Waals surface area contributed by atoms with E-state index in [1.54, 1.807) is 0 Å². The van der Waals surface area contributed by atoms with Crippen LogP contribution in [0.1, 0.15) is 27.2 Å². The Morgan fingerprint density at radius 3 is 2.41 bits per heavy atom. The lowest BCUT2D eigenvalue weighted by atomic mass is 10.1. The van der Waals surface area contributed by atoms with Crippen molar-refractivity contribution in [2.75, 3.05) is 33.4 Å². The van der Waals surface area contributed by atoms with Crippen molar-refractivity contribution in [3.05, 3.63) is 0 Å². The van der Waals surface area contributed by atoms with E-state index in [9.17, 15) is 4.79 Å². The molecule has 0 spiro atoms. The minimum atomic E-state index is 0. The molecule has 5 heteroatoms. The topological polar surface area (TPSA) is 50.4 Å². The van der Waals surface area contributed by atoms with Crippen molar-refractivity contribution >= 4 is 18.3 Å². The average molecular weight is 267 g/mol. The lowest BCUT2D eigenvalue weighted by Gasteiger charge is -2.12. The molecule has 17 heavy (non-hydrogen) atoms. The largest absolute Gasteiger partial charge is 0.380 e. The first-order valence-electron chi connectivity index (χ1n) is 6.08. The lowest BCUT2D eigenvalue weighted by molar-refractivity contribution is -0.124. The molecular formula is C12H27ClN2O2. The molecule has 0 aliphatic rings. The van der Waals surface area contributed by atoms with Gasteiger partial charge in [-0.15, -0.1) is 12.4 Å². The maximum atomic E-state index is 11.5. The number of halogens is 1. The zero-order chi connectivity index (χ0) is 12.4. The van der Waals surface area contributed by atoms with E-state index in [0.717, 1.165) is 13.0 Å². The van der Waals surface area contributed by atoms with Crippen molar-refractivity contribution in [2.24, 2.45) is 11.8 Å². The second-order valence-electron chi connectivity index (χ2n) is 4.54. The Bertz CT molecular complexity index is 189. The van der Waals surface area contributed by atoms with E-state index in [-0.39, 0.29) is 24.2 Å². The normalized spacial score (nSPS) is 12.1. The highest BCUT2D eigenvalue weighted by molar-refractivity contribution is 5.85. The van der Waals surface area contributed by atoms with E-state index in [4.69, 9.17) is 4.74 Å². The van der Waals surface area contributed by atoms with Crippen LogP contribution in [0.4, 0.5) is 0 Å². The predicted octanol–water partition coefficient (Wildman–Crippen LogP) is 1.44. The maximum Gasteiger partial charge on any atom is 0.224 e. The molecule has 2 N–H and O–H groups in total. The quantitative estimate of drug-likeness (QED) is 0.621. The number of hydrogen-bond donors (Lipinski definition) is 2. The fourth-order valence-electron chi connectivity index (χ4n) is 1.24. The molecule has 0 aliphatic carbocycles. The summed E-state index contributed by atoms with van der Waals surface area (Å²) in [6.07, 6.45) is 1.07. The highest BCUT2D eigenvalue weighted by atomic mass is 35.5. The molecular weight excluding hydrogens is 240 g/mol. The van der Waals surface area contributed by atoms with Gasteiger partial charge in [0, 0.05) is 25.6 Å². The van der Waals surface area contributed by atoms with Gasteiger partial charge in [0.05, 0.1) is 6.61 Å². The molecule has 1 amide bonds. The maximum absolute atomic E-state index is 11.5. The molecule has 0 saturated carbocycles. The summed E-state index contributed by atoms with van der Waals surface area (Å²) >= 11 is 0. The number of carbonyl (C=O) groups excluding carboxylic acids is 1. The highest BCUT2D eigenvalue weighted by Crippen LogP contribution is 1.98. The lowest BCUT2D eigenvalue weighted by Crippen LogP contribution is -2.36. The smallest absolute Gasteiger partial charge is 0.224 e. The third-order valence-electron chi connectivity index (χ3n) is 2.34. The van der Waals surface area contributed by atoms with Crippen LogP contribution >= 0.6 is 12.4 Å². The number of carbonyl (C=O) groups is 1. The molecule has 0 heterocycles. The molecule has 0 aromatic rings. The molecule has 104 valence electrons. The summed E-state index contributed by atoms with van der Waals surface area (Å²) in [6.45, 7) is 8.94. The van der Waals surface area contributed by atoms with E-state index in [1.165, 1.54) is 0 Å². The number of nitrogens with one attached hydrogen (secondary N) is 2. The van der Waals surface area contributed by atoms with Gasteiger partial charge in [0.1, 0.15) is 0 Å². The molecule has 0 aromatic heterocycles. The van der Waals surface area contributed by atoms with Crippen LogP contribution in [-0.2, 0) is 9.53 Å². The summed E-state index contributed by atoms with van der Waals surface area (Å²) in [5.74, 6) is 0.771. The van der Waals surface area contributed by atoms with Gasteiger partial charge in [-0.1, -0.05) is 20.8 Å². The Kier molecular flexibility index (Phi) is 13.6. The van der Waals surface area contributed by atoms with Crippen molar-refractivity contribution in [2.45, 2.75) is 27.2 Å². The average Bonchev–Trinajstić information content (AvgIpc) is 2.22. The summed E-state index contributed by atoms with van der Waals surface area (Å²) in [7, 11) is 1.85. The van der Waals surface area contributed by atoms with Crippen LogP contribution in [0.3, 0.4) is 0 Å². The molecule has 0 fully saturated rings. The Balaban J connectivity index is 0. The van der Waals surface area contributed by atoms with Crippen LogP contribution in [0.15, 0.2) is 0 Å². The monoisotopic (exact) mass is 266 g/mol. The second kappa shape index (κ2) is 12.1. The molecule has 0 rings (SSSR count). The first kappa shape index (κ1) is 19.0. The third kappa shape index (κ3) is 11.9. The fourth-order valence-corrected chi connectivity index (χ4v) is 1.24. The van der Waals surface area contributed by atoms with E-state index < -0.39 is 0 Å². The van der Waals surface area contributed by atoms with Crippen LogP contribution < -0.4 is 10.6 Å². The number of ether oxygens (including phenoxy) is 1. The van der Waals surface area contributed by atoms with E-state index in [0.29, 0.717) is 25.6 Å². The third-order valence-corrected chi connectivity index (χ3v) is 2.34. The second-order valence-corrected chi connectivity index (χ2v) is 4.54. The van der Waals surface area contributed by atoms with E-state index in [2.05, 4.69) is 24.5 Å². The van der Waals surface area contributed by atoms with Gasteiger partial charge >= 0.3 is 0 Å². The summed E-state index contributed by atoms with van der Waals surface area (Å²) in [5.41, 5.74) is 0. The van der Waals surface area contributed by atoms with Crippen LogP contribution in [-0.4, -0.2) is 39.3 Å². The van der Waals surface area contributed by atoms with Crippen LogP contribution in [0.2, 0.25) is 0 Å². The summed E-state index contributed by atoms with van der Waals surface area (Å²) < 4.78 is 5.40. The zero-order valence-electron chi connectivity index (χ0n) is 11.4. The molecule has 0 aliphatic heterocycles. The first-order valence-corrected chi connectivity index (χ1v) is 6.08.